The zero-order valence-corrected chi connectivity index (χ0v) is 16.2. The Morgan fingerprint density at radius 2 is 2.19 bits per heavy atom. The highest BCUT2D eigenvalue weighted by Crippen LogP contribution is 2.26. The number of aromatic nitrogens is 4. The molecule has 0 spiro atoms. The van der Waals surface area contributed by atoms with Gasteiger partial charge in [0.05, 0.1) is 12.2 Å². The van der Waals surface area contributed by atoms with E-state index in [-0.39, 0.29) is 6.04 Å². The van der Waals surface area contributed by atoms with Crippen molar-refractivity contribution >= 4 is 23.7 Å². The highest BCUT2D eigenvalue weighted by molar-refractivity contribution is 5.66. The lowest BCUT2D eigenvalue weighted by Gasteiger charge is -2.44. The van der Waals surface area contributed by atoms with Gasteiger partial charge in [-0.25, -0.2) is 9.78 Å². The Labute approximate surface area is 158 Å². The number of anilines is 3. The van der Waals surface area contributed by atoms with Crippen LogP contribution in [0.25, 0.3) is 0 Å². The number of hydrogen-bond acceptors (Lipinski definition) is 6. The number of rotatable bonds is 4. The van der Waals surface area contributed by atoms with Crippen LogP contribution in [0, 0.1) is 6.92 Å². The molecule has 0 unspecified atom stereocenters. The molecule has 9 heteroatoms. The lowest BCUT2D eigenvalue weighted by atomic mass is 9.98. The molecule has 3 N–H and O–H groups in total. The number of piperidine rings is 1. The number of carboxylic acid groups (broad SMARTS) is 1. The lowest BCUT2D eigenvalue weighted by Crippen LogP contribution is -2.57. The van der Waals surface area contributed by atoms with Crippen LogP contribution in [0.5, 0.6) is 0 Å². The fourth-order valence-electron chi connectivity index (χ4n) is 3.56. The highest BCUT2D eigenvalue weighted by Gasteiger charge is 2.36. The van der Waals surface area contributed by atoms with Crippen molar-refractivity contribution in [1.82, 2.24) is 25.1 Å². The van der Waals surface area contributed by atoms with Crippen molar-refractivity contribution in [2.45, 2.75) is 52.1 Å². The molecule has 2 aromatic heterocycles. The second-order valence-electron chi connectivity index (χ2n) is 7.86. The normalized spacial score (nSPS) is 17.6. The second-order valence-corrected chi connectivity index (χ2v) is 7.86. The van der Waals surface area contributed by atoms with E-state index in [9.17, 15) is 9.90 Å². The number of aryl methyl sites for hydroxylation is 1. The predicted octanol–water partition coefficient (Wildman–Crippen LogP) is 3.00. The van der Waals surface area contributed by atoms with E-state index in [1.54, 1.807) is 11.1 Å². The third-order valence-corrected chi connectivity index (χ3v) is 4.58. The maximum Gasteiger partial charge on any atom is 0.408 e. The monoisotopic (exact) mass is 373 g/mol. The number of amides is 1. The van der Waals surface area contributed by atoms with Gasteiger partial charge in [-0.2, -0.15) is 10.1 Å². The first-order valence-corrected chi connectivity index (χ1v) is 9.13. The first-order valence-electron chi connectivity index (χ1n) is 9.13. The van der Waals surface area contributed by atoms with Gasteiger partial charge in [-0.3, -0.25) is 10.00 Å². The second kappa shape index (κ2) is 7.42. The fraction of sp³-hybridized carbons (Fsp3) is 0.556. The lowest BCUT2D eigenvalue weighted by molar-refractivity contribution is 0.0646. The third-order valence-electron chi connectivity index (χ3n) is 4.58. The first kappa shape index (κ1) is 18.9. The predicted molar refractivity (Wildman–Crippen MR) is 103 cm³/mol. The van der Waals surface area contributed by atoms with Crippen LogP contribution < -0.4 is 10.2 Å². The number of H-pyrrole nitrogens is 1. The van der Waals surface area contributed by atoms with Crippen molar-refractivity contribution in [2.75, 3.05) is 23.3 Å². The number of carbonyl (C=O) groups is 1. The van der Waals surface area contributed by atoms with E-state index in [2.05, 4.69) is 30.4 Å². The molecule has 2 aromatic rings. The minimum Gasteiger partial charge on any atom is -0.465 e. The number of hydrogen-bond donors (Lipinski definition) is 3. The van der Waals surface area contributed by atoms with Crippen molar-refractivity contribution < 1.29 is 9.90 Å². The molecule has 3 heterocycles. The van der Waals surface area contributed by atoms with Gasteiger partial charge in [-0.15, -0.1) is 0 Å². The van der Waals surface area contributed by atoms with Crippen molar-refractivity contribution in [1.29, 1.82) is 0 Å². The van der Waals surface area contributed by atoms with Gasteiger partial charge in [0.15, 0.2) is 0 Å². The van der Waals surface area contributed by atoms with Crippen LogP contribution >= 0.6 is 0 Å². The third kappa shape index (κ3) is 4.47. The summed E-state index contributed by atoms with van der Waals surface area (Å²) in [4.78, 5) is 24.6. The van der Waals surface area contributed by atoms with Gasteiger partial charge < -0.3 is 15.3 Å². The minimum atomic E-state index is -0.888. The fourth-order valence-corrected chi connectivity index (χ4v) is 3.56. The van der Waals surface area contributed by atoms with E-state index < -0.39 is 11.6 Å². The number of aromatic amines is 1. The molecule has 1 saturated heterocycles. The van der Waals surface area contributed by atoms with Gasteiger partial charge in [0, 0.05) is 36.5 Å². The van der Waals surface area contributed by atoms with Crippen LogP contribution in [0.1, 0.15) is 39.3 Å². The van der Waals surface area contributed by atoms with E-state index in [1.807, 2.05) is 39.8 Å². The molecule has 0 bridgehead atoms. The number of nitrogens with zero attached hydrogens (tertiary/aromatic N) is 5. The molecule has 1 atom stereocenters. The Bertz CT molecular complexity index is 786. The Morgan fingerprint density at radius 3 is 2.81 bits per heavy atom. The van der Waals surface area contributed by atoms with Gasteiger partial charge in [0.2, 0.25) is 5.95 Å². The van der Waals surface area contributed by atoms with E-state index in [0.29, 0.717) is 18.3 Å². The van der Waals surface area contributed by atoms with E-state index >= 15 is 0 Å². The Morgan fingerprint density at radius 1 is 1.41 bits per heavy atom. The van der Waals surface area contributed by atoms with E-state index in [4.69, 9.17) is 0 Å². The van der Waals surface area contributed by atoms with Gasteiger partial charge in [0.25, 0.3) is 0 Å². The average molecular weight is 373 g/mol. The van der Waals surface area contributed by atoms with Crippen LogP contribution in [0.3, 0.4) is 0 Å². The topological polar surface area (TPSA) is 110 Å². The molecule has 1 aliphatic heterocycles. The van der Waals surface area contributed by atoms with Crippen LogP contribution in [0.4, 0.5) is 22.4 Å². The molecule has 0 aliphatic carbocycles. The van der Waals surface area contributed by atoms with Crippen molar-refractivity contribution in [2.24, 2.45) is 0 Å². The molecular formula is C18H27N7O2. The molecule has 9 nitrogen and oxygen atoms in total. The standard InChI is InChI=1S/C18H27N7O2/c1-12-10-15(21-14-7-8-19-23-14)22-16(20-12)24-9-5-6-13(11-24)25(17(26)27)18(2,3)4/h7-8,10,13H,5-6,9,11H2,1-4H3,(H,26,27)(H2,19,20,21,22,23)/t13-/m0/s1. The van der Waals surface area contributed by atoms with Crippen LogP contribution in [-0.2, 0) is 0 Å². The summed E-state index contributed by atoms with van der Waals surface area (Å²) < 4.78 is 0. The van der Waals surface area contributed by atoms with Gasteiger partial charge in [0.1, 0.15) is 11.6 Å². The summed E-state index contributed by atoms with van der Waals surface area (Å²) in [5, 5.41) is 19.7. The molecule has 1 fully saturated rings. The minimum absolute atomic E-state index is 0.0932. The molecule has 1 amide bonds. The van der Waals surface area contributed by atoms with E-state index in [0.717, 1.165) is 30.9 Å². The molecule has 0 radical (unpaired) electrons. The van der Waals surface area contributed by atoms with Crippen molar-refractivity contribution in [3.8, 4) is 0 Å². The molecule has 0 aromatic carbocycles. The molecule has 27 heavy (non-hydrogen) atoms. The molecular weight excluding hydrogens is 346 g/mol. The van der Waals surface area contributed by atoms with Crippen molar-refractivity contribution in [3.05, 3.63) is 24.0 Å². The largest absolute Gasteiger partial charge is 0.465 e. The zero-order valence-electron chi connectivity index (χ0n) is 16.2. The Kier molecular flexibility index (Phi) is 5.20. The zero-order chi connectivity index (χ0) is 19.6. The summed E-state index contributed by atoms with van der Waals surface area (Å²) in [6, 6.07) is 3.59. The first-order chi connectivity index (χ1) is 12.7. The van der Waals surface area contributed by atoms with Gasteiger partial charge in [-0.1, -0.05) is 0 Å². The summed E-state index contributed by atoms with van der Waals surface area (Å²) in [5.41, 5.74) is 0.385. The summed E-state index contributed by atoms with van der Waals surface area (Å²) in [7, 11) is 0. The highest BCUT2D eigenvalue weighted by atomic mass is 16.4. The summed E-state index contributed by atoms with van der Waals surface area (Å²) in [5.74, 6) is 2.04. The summed E-state index contributed by atoms with van der Waals surface area (Å²) in [6.45, 7) is 9.09. The van der Waals surface area contributed by atoms with Crippen LogP contribution in [0.2, 0.25) is 0 Å². The molecule has 0 saturated carbocycles. The molecule has 1 aliphatic rings. The van der Waals surface area contributed by atoms with Crippen LogP contribution in [0.15, 0.2) is 18.3 Å². The molecule has 146 valence electrons. The molecule has 3 rings (SSSR count). The maximum atomic E-state index is 11.8. The van der Waals surface area contributed by atoms with Gasteiger partial charge >= 0.3 is 6.09 Å². The van der Waals surface area contributed by atoms with Crippen LogP contribution in [-0.4, -0.2) is 60.9 Å². The maximum absolute atomic E-state index is 11.8. The smallest absolute Gasteiger partial charge is 0.408 e. The quantitative estimate of drug-likeness (QED) is 0.755. The Balaban J connectivity index is 1.81. The summed E-state index contributed by atoms with van der Waals surface area (Å²) >= 11 is 0. The van der Waals surface area contributed by atoms with Crippen molar-refractivity contribution in [3.63, 3.8) is 0 Å². The summed E-state index contributed by atoms with van der Waals surface area (Å²) in [6.07, 6.45) is 2.51. The van der Waals surface area contributed by atoms with E-state index in [1.165, 1.54) is 0 Å². The van der Waals surface area contributed by atoms with Gasteiger partial charge in [-0.05, 0) is 40.5 Å². The Hall–Kier alpha value is -2.84. The average Bonchev–Trinajstić information content (AvgIpc) is 3.06. The SMILES string of the molecule is Cc1cc(Nc2ccn[nH]2)nc(N2CCC[C@H](N(C(=O)O)C(C)(C)C)C2)n1. The number of nitrogens with one attached hydrogen (secondary N) is 2.